The van der Waals surface area contributed by atoms with Crippen molar-refractivity contribution in [2.24, 2.45) is 0 Å². The minimum absolute atomic E-state index is 0.306. The van der Waals surface area contributed by atoms with Crippen molar-refractivity contribution in [3.05, 3.63) is 58.5 Å². The summed E-state index contributed by atoms with van der Waals surface area (Å²) in [6.45, 7) is 0. The number of hydrogen-bond acceptors (Lipinski definition) is 2. The number of alkyl halides is 1. The lowest BCUT2D eigenvalue weighted by Gasteiger charge is -2.06. The average Bonchev–Trinajstić information content (AvgIpc) is 2.96. The number of rotatable bonds is 3. The highest BCUT2D eigenvalue weighted by atomic mass is 79.9. The van der Waals surface area contributed by atoms with Crippen molar-refractivity contribution in [3.8, 4) is 0 Å². The Labute approximate surface area is 112 Å². The molecule has 17 heavy (non-hydrogen) atoms. The van der Waals surface area contributed by atoms with Crippen LogP contribution in [0.1, 0.15) is 16.0 Å². The highest BCUT2D eigenvalue weighted by Gasteiger charge is 2.14. The summed E-state index contributed by atoms with van der Waals surface area (Å²) in [5.74, 6) is 0. The molecule has 2 heterocycles. The monoisotopic (exact) mass is 306 g/mol. The van der Waals surface area contributed by atoms with Gasteiger partial charge < -0.3 is 4.42 Å². The van der Waals surface area contributed by atoms with Gasteiger partial charge in [0.1, 0.15) is 5.58 Å². The van der Waals surface area contributed by atoms with E-state index in [0.717, 1.165) is 12.0 Å². The van der Waals surface area contributed by atoms with E-state index >= 15 is 0 Å². The molecular formula is C14H11BrOS. The molecule has 2 aromatic heterocycles. The Morgan fingerprint density at radius 2 is 2.12 bits per heavy atom. The third-order valence-electron chi connectivity index (χ3n) is 2.84. The van der Waals surface area contributed by atoms with Crippen LogP contribution in [0.25, 0.3) is 11.0 Å². The fraction of sp³-hybridized carbons (Fsp3) is 0.143. The summed E-state index contributed by atoms with van der Waals surface area (Å²) < 4.78 is 5.56. The first-order valence-corrected chi connectivity index (χ1v) is 7.32. The van der Waals surface area contributed by atoms with Crippen molar-refractivity contribution >= 4 is 38.2 Å². The smallest absolute Gasteiger partial charge is 0.134 e. The van der Waals surface area contributed by atoms with Gasteiger partial charge in [-0.1, -0.05) is 34.1 Å². The van der Waals surface area contributed by atoms with E-state index in [-0.39, 0.29) is 0 Å². The average molecular weight is 307 g/mol. The molecule has 0 fully saturated rings. The number of thiophene rings is 1. The minimum Gasteiger partial charge on any atom is -0.464 e. The van der Waals surface area contributed by atoms with Gasteiger partial charge in [-0.25, -0.2) is 0 Å². The molecule has 0 aliphatic heterocycles. The number of halogens is 1. The van der Waals surface area contributed by atoms with Crippen molar-refractivity contribution in [2.75, 3.05) is 0 Å². The lowest BCUT2D eigenvalue weighted by atomic mass is 10.1. The number of para-hydroxylation sites is 1. The molecule has 1 unspecified atom stereocenters. The standard InChI is InChI=1S/C14H11BrOS/c15-13(7-10-5-6-17-9-10)12-8-16-14-4-2-1-3-11(12)14/h1-6,8-9,13H,7H2. The van der Waals surface area contributed by atoms with Crippen molar-refractivity contribution in [1.82, 2.24) is 0 Å². The van der Waals surface area contributed by atoms with Crippen LogP contribution in [0.5, 0.6) is 0 Å². The van der Waals surface area contributed by atoms with Crippen molar-refractivity contribution in [1.29, 1.82) is 0 Å². The molecule has 0 radical (unpaired) electrons. The van der Waals surface area contributed by atoms with Gasteiger partial charge in [-0.2, -0.15) is 11.3 Å². The van der Waals surface area contributed by atoms with Gasteiger partial charge in [0, 0.05) is 15.8 Å². The van der Waals surface area contributed by atoms with Gasteiger partial charge in [0.2, 0.25) is 0 Å². The van der Waals surface area contributed by atoms with E-state index in [9.17, 15) is 0 Å². The number of fused-ring (bicyclic) bond motifs is 1. The fourth-order valence-corrected chi connectivity index (χ4v) is 3.38. The first-order valence-electron chi connectivity index (χ1n) is 5.46. The second-order valence-corrected chi connectivity index (χ2v) is 5.88. The SMILES string of the molecule is BrC(Cc1ccsc1)c1coc2ccccc12. The van der Waals surface area contributed by atoms with E-state index in [2.05, 4.69) is 38.8 Å². The predicted molar refractivity (Wildman–Crippen MR) is 75.9 cm³/mol. The van der Waals surface area contributed by atoms with E-state index in [1.165, 1.54) is 16.5 Å². The molecule has 0 saturated carbocycles. The van der Waals surface area contributed by atoms with Crippen LogP contribution in [0.4, 0.5) is 0 Å². The van der Waals surface area contributed by atoms with E-state index in [1.54, 1.807) is 11.3 Å². The lowest BCUT2D eigenvalue weighted by molar-refractivity contribution is 0.610. The van der Waals surface area contributed by atoms with Crippen molar-refractivity contribution in [2.45, 2.75) is 11.2 Å². The van der Waals surface area contributed by atoms with Gasteiger partial charge in [-0.3, -0.25) is 0 Å². The Balaban J connectivity index is 1.93. The first kappa shape index (κ1) is 11.1. The van der Waals surface area contributed by atoms with Crippen molar-refractivity contribution < 1.29 is 4.42 Å². The first-order chi connectivity index (χ1) is 8.34. The molecule has 1 aromatic carbocycles. The van der Waals surface area contributed by atoms with E-state index in [0.29, 0.717) is 4.83 Å². The highest BCUT2D eigenvalue weighted by molar-refractivity contribution is 9.09. The zero-order valence-electron chi connectivity index (χ0n) is 9.10. The Hall–Kier alpha value is -1.06. The molecule has 0 amide bonds. The van der Waals surface area contributed by atoms with Gasteiger partial charge >= 0.3 is 0 Å². The maximum atomic E-state index is 5.56. The number of benzene rings is 1. The predicted octanol–water partition coefficient (Wildman–Crippen LogP) is 5.17. The second kappa shape index (κ2) is 4.67. The molecule has 1 atom stereocenters. The number of hydrogen-bond donors (Lipinski definition) is 0. The third kappa shape index (κ3) is 2.17. The van der Waals surface area contributed by atoms with E-state index in [1.807, 2.05) is 24.5 Å². The van der Waals surface area contributed by atoms with Crippen LogP contribution in [0.2, 0.25) is 0 Å². The molecule has 3 aromatic rings. The van der Waals surface area contributed by atoms with Crippen LogP contribution in [0.15, 0.2) is 51.8 Å². The van der Waals surface area contributed by atoms with Crippen LogP contribution >= 0.6 is 27.3 Å². The topological polar surface area (TPSA) is 13.1 Å². The quantitative estimate of drug-likeness (QED) is 0.608. The zero-order valence-corrected chi connectivity index (χ0v) is 11.5. The summed E-state index contributed by atoms with van der Waals surface area (Å²) in [6, 6.07) is 10.3. The Bertz CT molecular complexity index is 612. The van der Waals surface area contributed by atoms with Gasteiger partial charge in [-0.05, 0) is 34.9 Å². The molecule has 0 aliphatic carbocycles. The van der Waals surface area contributed by atoms with Crippen LogP contribution in [-0.2, 0) is 6.42 Å². The molecule has 0 bridgehead atoms. The normalized spacial score (nSPS) is 13.0. The van der Waals surface area contributed by atoms with Gasteiger partial charge in [-0.15, -0.1) is 0 Å². The molecule has 0 aliphatic rings. The second-order valence-electron chi connectivity index (χ2n) is 3.99. The van der Waals surface area contributed by atoms with E-state index in [4.69, 9.17) is 4.42 Å². The van der Waals surface area contributed by atoms with Gasteiger partial charge in [0.15, 0.2) is 0 Å². The van der Waals surface area contributed by atoms with Crippen LogP contribution in [0, 0.1) is 0 Å². The number of furan rings is 1. The lowest BCUT2D eigenvalue weighted by Crippen LogP contribution is -1.92. The summed E-state index contributed by atoms with van der Waals surface area (Å²) >= 11 is 5.49. The molecular weight excluding hydrogens is 296 g/mol. The molecule has 1 nitrogen and oxygen atoms in total. The molecule has 0 saturated heterocycles. The highest BCUT2D eigenvalue weighted by Crippen LogP contribution is 2.34. The molecule has 0 spiro atoms. The summed E-state index contributed by atoms with van der Waals surface area (Å²) in [4.78, 5) is 0.306. The molecule has 0 N–H and O–H groups in total. The Kier molecular flexibility index (Phi) is 3.04. The summed E-state index contributed by atoms with van der Waals surface area (Å²) in [7, 11) is 0. The fourth-order valence-electron chi connectivity index (χ4n) is 1.97. The largest absolute Gasteiger partial charge is 0.464 e. The minimum atomic E-state index is 0.306. The Morgan fingerprint density at radius 3 is 2.94 bits per heavy atom. The molecule has 86 valence electrons. The van der Waals surface area contributed by atoms with E-state index < -0.39 is 0 Å². The maximum Gasteiger partial charge on any atom is 0.134 e. The summed E-state index contributed by atoms with van der Waals surface area (Å²) in [5, 5.41) is 5.50. The Morgan fingerprint density at radius 1 is 1.24 bits per heavy atom. The zero-order chi connectivity index (χ0) is 11.7. The van der Waals surface area contributed by atoms with Gasteiger partial charge in [0.25, 0.3) is 0 Å². The third-order valence-corrected chi connectivity index (χ3v) is 4.39. The van der Waals surface area contributed by atoms with Crippen LogP contribution < -0.4 is 0 Å². The maximum absolute atomic E-state index is 5.56. The summed E-state index contributed by atoms with van der Waals surface area (Å²) in [5.41, 5.74) is 3.55. The van der Waals surface area contributed by atoms with Crippen molar-refractivity contribution in [3.63, 3.8) is 0 Å². The van der Waals surface area contributed by atoms with Crippen LogP contribution in [-0.4, -0.2) is 0 Å². The molecule has 3 rings (SSSR count). The van der Waals surface area contributed by atoms with Crippen LogP contribution in [0.3, 0.4) is 0 Å². The summed E-state index contributed by atoms with van der Waals surface area (Å²) in [6.07, 6.45) is 2.85. The van der Waals surface area contributed by atoms with Gasteiger partial charge in [0.05, 0.1) is 6.26 Å². The molecule has 3 heteroatoms.